The number of anilines is 1. The Morgan fingerprint density at radius 1 is 1.17 bits per heavy atom. The molecule has 2 aliphatic rings. The van der Waals surface area contributed by atoms with E-state index in [-0.39, 0.29) is 41.7 Å². The van der Waals surface area contributed by atoms with Crippen molar-refractivity contribution in [3.63, 3.8) is 0 Å². The van der Waals surface area contributed by atoms with Gasteiger partial charge in [0.15, 0.2) is 9.84 Å². The van der Waals surface area contributed by atoms with Gasteiger partial charge in [0.1, 0.15) is 0 Å². The van der Waals surface area contributed by atoms with Gasteiger partial charge in [0.2, 0.25) is 5.91 Å². The molecule has 1 heterocycles. The highest BCUT2D eigenvalue weighted by molar-refractivity contribution is 7.91. The second-order valence-corrected chi connectivity index (χ2v) is 8.58. The van der Waals surface area contributed by atoms with E-state index < -0.39 is 9.84 Å². The lowest BCUT2D eigenvalue weighted by Crippen LogP contribution is -2.25. The summed E-state index contributed by atoms with van der Waals surface area (Å²) in [7, 11) is -2.97. The Balaban J connectivity index is 1.56. The van der Waals surface area contributed by atoms with Crippen LogP contribution in [0.3, 0.4) is 0 Å². The molecule has 6 nitrogen and oxygen atoms in total. The summed E-state index contributed by atoms with van der Waals surface area (Å²) in [5.74, 6) is -0.204. The van der Waals surface area contributed by atoms with Crippen molar-refractivity contribution in [3.05, 3.63) is 29.8 Å². The first kappa shape index (κ1) is 16.0. The van der Waals surface area contributed by atoms with E-state index >= 15 is 0 Å². The molecule has 1 aromatic rings. The summed E-state index contributed by atoms with van der Waals surface area (Å²) in [5, 5.41) is 5.65. The van der Waals surface area contributed by atoms with Crippen molar-refractivity contribution in [3.8, 4) is 0 Å². The van der Waals surface area contributed by atoms with Gasteiger partial charge in [-0.15, -0.1) is 0 Å². The predicted molar refractivity (Wildman–Crippen MR) is 86.9 cm³/mol. The number of hydrogen-bond donors (Lipinski definition) is 2. The molecule has 2 amide bonds. The number of sulfone groups is 1. The van der Waals surface area contributed by atoms with Gasteiger partial charge in [-0.05, 0) is 43.4 Å². The number of hydrogen-bond acceptors (Lipinski definition) is 4. The third-order valence-electron chi connectivity index (χ3n) is 4.12. The van der Waals surface area contributed by atoms with Crippen LogP contribution in [0.15, 0.2) is 24.3 Å². The van der Waals surface area contributed by atoms with E-state index in [1.165, 1.54) is 0 Å². The van der Waals surface area contributed by atoms with Gasteiger partial charge in [-0.1, -0.05) is 6.07 Å². The first-order valence-corrected chi connectivity index (χ1v) is 9.65. The van der Waals surface area contributed by atoms with Crippen LogP contribution >= 0.6 is 0 Å². The highest BCUT2D eigenvalue weighted by Gasteiger charge is 2.29. The molecule has 0 radical (unpaired) electrons. The summed E-state index contributed by atoms with van der Waals surface area (Å²) in [6, 6.07) is 7.07. The molecule has 0 bridgehead atoms. The summed E-state index contributed by atoms with van der Waals surface area (Å²) in [4.78, 5) is 24.0. The van der Waals surface area contributed by atoms with Crippen LogP contribution in [0.25, 0.3) is 0 Å². The fourth-order valence-electron chi connectivity index (χ4n) is 2.74. The molecule has 1 saturated carbocycles. The molecule has 2 N–H and O–H groups in total. The number of nitrogens with one attached hydrogen (secondary N) is 2. The first-order valence-electron chi connectivity index (χ1n) is 7.82. The van der Waals surface area contributed by atoms with Crippen molar-refractivity contribution >= 4 is 27.3 Å². The molecular weight excluding hydrogens is 316 g/mol. The minimum atomic E-state index is -2.97. The highest BCUT2D eigenvalue weighted by Crippen LogP contribution is 2.23. The molecule has 0 spiro atoms. The zero-order chi connectivity index (χ0) is 16.4. The molecule has 1 atom stereocenters. The summed E-state index contributed by atoms with van der Waals surface area (Å²) in [6.45, 7) is 0. The molecule has 3 rings (SSSR count). The highest BCUT2D eigenvalue weighted by atomic mass is 32.2. The van der Waals surface area contributed by atoms with E-state index in [1.807, 2.05) is 0 Å². The SMILES string of the molecule is O=C(C[C@H]1CCS(=O)(=O)C1)Nc1cccc(C(=O)NC2CC2)c1. The molecule has 1 aromatic carbocycles. The maximum Gasteiger partial charge on any atom is 0.251 e. The molecule has 0 aromatic heterocycles. The summed E-state index contributed by atoms with van der Waals surface area (Å²) in [6.07, 6.45) is 2.77. The Morgan fingerprint density at radius 2 is 1.96 bits per heavy atom. The van der Waals surface area contributed by atoms with Crippen molar-refractivity contribution in [2.45, 2.75) is 31.7 Å². The number of carbonyl (C=O) groups excluding carboxylic acids is 2. The van der Waals surface area contributed by atoms with E-state index in [0.717, 1.165) is 12.8 Å². The minimum Gasteiger partial charge on any atom is -0.349 e. The van der Waals surface area contributed by atoms with Crippen molar-refractivity contribution in [2.24, 2.45) is 5.92 Å². The van der Waals surface area contributed by atoms with Gasteiger partial charge < -0.3 is 10.6 Å². The molecule has 2 fully saturated rings. The third kappa shape index (κ3) is 4.54. The van der Waals surface area contributed by atoms with E-state index in [0.29, 0.717) is 17.7 Å². The van der Waals surface area contributed by atoms with Gasteiger partial charge in [0.05, 0.1) is 11.5 Å². The van der Waals surface area contributed by atoms with Crippen molar-refractivity contribution in [2.75, 3.05) is 16.8 Å². The standard InChI is InChI=1S/C16H20N2O4S/c19-15(8-11-6-7-23(21,22)10-11)17-14-3-1-2-12(9-14)16(20)18-13-4-5-13/h1-3,9,11,13H,4-8,10H2,(H,17,19)(H,18,20)/t11-/m1/s1. The molecule has 1 saturated heterocycles. The normalized spacial score (nSPS) is 22.5. The van der Waals surface area contributed by atoms with Gasteiger partial charge >= 0.3 is 0 Å². The second-order valence-electron chi connectivity index (χ2n) is 6.35. The average molecular weight is 336 g/mol. The van der Waals surface area contributed by atoms with Crippen LogP contribution in [0.2, 0.25) is 0 Å². The largest absolute Gasteiger partial charge is 0.349 e. The summed E-state index contributed by atoms with van der Waals surface area (Å²) >= 11 is 0. The third-order valence-corrected chi connectivity index (χ3v) is 5.96. The van der Waals surface area contributed by atoms with Gasteiger partial charge in [-0.2, -0.15) is 0 Å². The number of rotatable bonds is 5. The molecular formula is C16H20N2O4S. The number of carbonyl (C=O) groups is 2. The molecule has 1 aliphatic carbocycles. The molecule has 124 valence electrons. The van der Waals surface area contributed by atoms with Gasteiger partial charge in [-0.25, -0.2) is 8.42 Å². The minimum absolute atomic E-state index is 0.0876. The molecule has 1 aliphatic heterocycles. The van der Waals surface area contributed by atoms with Crippen LogP contribution in [0.5, 0.6) is 0 Å². The summed E-state index contributed by atoms with van der Waals surface area (Å²) < 4.78 is 22.8. The Hall–Kier alpha value is -1.89. The van der Waals surface area contributed by atoms with Gasteiger partial charge in [0.25, 0.3) is 5.91 Å². The average Bonchev–Trinajstić information content (AvgIpc) is 3.22. The van der Waals surface area contributed by atoms with Crippen LogP contribution in [-0.4, -0.2) is 37.8 Å². The van der Waals surface area contributed by atoms with E-state index in [1.54, 1.807) is 24.3 Å². The molecule has 0 unspecified atom stereocenters. The smallest absolute Gasteiger partial charge is 0.251 e. The fourth-order valence-corrected chi connectivity index (χ4v) is 4.60. The number of amides is 2. The lowest BCUT2D eigenvalue weighted by molar-refractivity contribution is -0.116. The van der Waals surface area contributed by atoms with Crippen LogP contribution in [0.4, 0.5) is 5.69 Å². The van der Waals surface area contributed by atoms with E-state index in [4.69, 9.17) is 0 Å². The Morgan fingerprint density at radius 3 is 2.61 bits per heavy atom. The lowest BCUT2D eigenvalue weighted by Gasteiger charge is -2.10. The first-order chi connectivity index (χ1) is 10.9. The van der Waals surface area contributed by atoms with Crippen molar-refractivity contribution < 1.29 is 18.0 Å². The summed E-state index contributed by atoms with van der Waals surface area (Å²) in [5.41, 5.74) is 1.07. The van der Waals surface area contributed by atoms with Crippen LogP contribution in [0, 0.1) is 5.92 Å². The van der Waals surface area contributed by atoms with Crippen molar-refractivity contribution in [1.29, 1.82) is 0 Å². The zero-order valence-corrected chi connectivity index (χ0v) is 13.6. The van der Waals surface area contributed by atoms with Crippen LogP contribution < -0.4 is 10.6 Å². The van der Waals surface area contributed by atoms with Gasteiger partial charge in [-0.3, -0.25) is 9.59 Å². The zero-order valence-electron chi connectivity index (χ0n) is 12.7. The van der Waals surface area contributed by atoms with Crippen molar-refractivity contribution in [1.82, 2.24) is 5.32 Å². The van der Waals surface area contributed by atoms with Crippen LogP contribution in [-0.2, 0) is 14.6 Å². The Bertz CT molecular complexity index is 725. The van der Waals surface area contributed by atoms with E-state index in [2.05, 4.69) is 10.6 Å². The molecule has 7 heteroatoms. The lowest BCUT2D eigenvalue weighted by atomic mass is 10.0. The van der Waals surface area contributed by atoms with Gasteiger partial charge in [0, 0.05) is 23.7 Å². The molecule has 23 heavy (non-hydrogen) atoms. The Kier molecular flexibility index (Phi) is 4.39. The topological polar surface area (TPSA) is 92.3 Å². The monoisotopic (exact) mass is 336 g/mol. The maximum atomic E-state index is 12.0. The maximum absolute atomic E-state index is 12.0. The fraction of sp³-hybridized carbons (Fsp3) is 0.500. The van der Waals surface area contributed by atoms with E-state index in [9.17, 15) is 18.0 Å². The Labute approximate surface area is 135 Å². The quantitative estimate of drug-likeness (QED) is 0.849. The second kappa shape index (κ2) is 6.31. The van der Waals surface area contributed by atoms with Crippen LogP contribution in [0.1, 0.15) is 36.0 Å². The number of benzene rings is 1. The predicted octanol–water partition coefficient (Wildman–Crippen LogP) is 1.34.